The van der Waals surface area contributed by atoms with Gasteiger partial charge in [-0.2, -0.15) is 0 Å². The van der Waals surface area contributed by atoms with E-state index in [0.29, 0.717) is 37.2 Å². The average molecular weight is 503 g/mol. The molecule has 4 atom stereocenters. The fourth-order valence-corrected chi connectivity index (χ4v) is 4.28. The molecule has 0 spiro atoms. The van der Waals surface area contributed by atoms with Gasteiger partial charge in [-0.05, 0) is 25.2 Å². The Labute approximate surface area is 208 Å². The molecule has 196 valence electrons. The second-order valence-electron chi connectivity index (χ2n) is 9.45. The average Bonchev–Trinajstić information content (AvgIpc) is 3.59. The van der Waals surface area contributed by atoms with Crippen molar-refractivity contribution in [3.63, 3.8) is 0 Å². The summed E-state index contributed by atoms with van der Waals surface area (Å²) in [6.07, 6.45) is 7.59. The molecule has 13 nitrogen and oxygen atoms in total. The van der Waals surface area contributed by atoms with E-state index >= 15 is 0 Å². The third-order valence-corrected chi connectivity index (χ3v) is 6.09. The van der Waals surface area contributed by atoms with Gasteiger partial charge in [-0.25, -0.2) is 14.8 Å². The van der Waals surface area contributed by atoms with Crippen molar-refractivity contribution in [3.05, 3.63) is 36.4 Å². The van der Waals surface area contributed by atoms with Crippen molar-refractivity contribution in [2.24, 2.45) is 11.7 Å². The summed E-state index contributed by atoms with van der Waals surface area (Å²) in [6, 6.07) is -3.82. The number of aromatic nitrogens is 4. The summed E-state index contributed by atoms with van der Waals surface area (Å²) in [5.74, 6) is -2.57. The van der Waals surface area contributed by atoms with Gasteiger partial charge in [0.2, 0.25) is 17.7 Å². The van der Waals surface area contributed by atoms with Gasteiger partial charge < -0.3 is 36.3 Å². The first-order chi connectivity index (χ1) is 17.2. The molecule has 0 bridgehead atoms. The molecule has 2 aromatic heterocycles. The molecule has 13 heteroatoms. The number of rotatable bonds is 12. The molecule has 1 saturated heterocycles. The van der Waals surface area contributed by atoms with Gasteiger partial charge >= 0.3 is 5.97 Å². The molecule has 3 rings (SSSR count). The van der Waals surface area contributed by atoms with Crippen LogP contribution in [-0.2, 0) is 32.0 Å². The van der Waals surface area contributed by atoms with Crippen molar-refractivity contribution in [1.29, 1.82) is 0 Å². The van der Waals surface area contributed by atoms with Gasteiger partial charge in [0.1, 0.15) is 18.1 Å². The van der Waals surface area contributed by atoms with Crippen LogP contribution in [0.15, 0.2) is 25.0 Å². The molecule has 3 amide bonds. The molecule has 1 aliphatic rings. The Balaban J connectivity index is 1.74. The fourth-order valence-electron chi connectivity index (χ4n) is 4.28. The molecule has 0 saturated carbocycles. The number of amides is 3. The second-order valence-corrected chi connectivity index (χ2v) is 9.45. The van der Waals surface area contributed by atoms with Crippen LogP contribution in [0.3, 0.4) is 0 Å². The standard InChI is InChI=1S/C23H34N8O5/c1-13(2)6-17(29-20(32)16(24)7-14-9-25-11-27-14)21(33)30-18(8-15-10-26-12-28-15)22(34)31-5-3-4-19(31)23(35)36/h9-13,16-19H,3-8,24H2,1-2H3,(H,25,27)(H,26,28)(H,29,32)(H,30,33)(H,35,36). The minimum Gasteiger partial charge on any atom is -0.480 e. The van der Waals surface area contributed by atoms with E-state index in [2.05, 4.69) is 30.6 Å². The number of hydrogen-bond acceptors (Lipinski definition) is 7. The number of imidazole rings is 2. The molecule has 4 unspecified atom stereocenters. The lowest BCUT2D eigenvalue weighted by molar-refractivity contribution is -0.149. The number of H-pyrrole nitrogens is 2. The predicted molar refractivity (Wildman–Crippen MR) is 128 cm³/mol. The van der Waals surface area contributed by atoms with Crippen LogP contribution in [0.4, 0.5) is 0 Å². The zero-order valence-corrected chi connectivity index (χ0v) is 20.4. The maximum Gasteiger partial charge on any atom is 0.326 e. The van der Waals surface area contributed by atoms with Gasteiger partial charge in [-0.15, -0.1) is 0 Å². The van der Waals surface area contributed by atoms with Crippen molar-refractivity contribution in [1.82, 2.24) is 35.5 Å². The van der Waals surface area contributed by atoms with Crippen LogP contribution < -0.4 is 16.4 Å². The zero-order chi connectivity index (χ0) is 26.2. The summed E-state index contributed by atoms with van der Waals surface area (Å²) in [6.45, 7) is 4.11. The van der Waals surface area contributed by atoms with Crippen LogP contribution in [0.25, 0.3) is 0 Å². The van der Waals surface area contributed by atoms with E-state index in [1.165, 1.54) is 23.8 Å². The van der Waals surface area contributed by atoms with Gasteiger partial charge in [0.05, 0.1) is 18.7 Å². The maximum atomic E-state index is 13.4. The van der Waals surface area contributed by atoms with Crippen molar-refractivity contribution < 1.29 is 24.3 Å². The maximum absolute atomic E-state index is 13.4. The van der Waals surface area contributed by atoms with E-state index < -0.39 is 47.9 Å². The van der Waals surface area contributed by atoms with Gasteiger partial charge in [-0.3, -0.25) is 14.4 Å². The minimum atomic E-state index is -1.08. The van der Waals surface area contributed by atoms with E-state index in [-0.39, 0.29) is 18.8 Å². The first kappa shape index (κ1) is 26.9. The summed E-state index contributed by atoms with van der Waals surface area (Å²) in [4.78, 5) is 66.1. The van der Waals surface area contributed by atoms with Crippen LogP contribution in [-0.4, -0.2) is 84.3 Å². The Bertz CT molecular complexity index is 1020. The Morgan fingerprint density at radius 2 is 1.67 bits per heavy atom. The first-order valence-electron chi connectivity index (χ1n) is 12.0. The number of carbonyl (C=O) groups excluding carboxylic acids is 3. The van der Waals surface area contributed by atoms with Crippen molar-refractivity contribution >= 4 is 23.7 Å². The Hall–Kier alpha value is -3.74. The summed E-state index contributed by atoms with van der Waals surface area (Å²) >= 11 is 0. The number of carbonyl (C=O) groups is 4. The van der Waals surface area contributed by atoms with Crippen LogP contribution in [0, 0.1) is 5.92 Å². The van der Waals surface area contributed by atoms with Gasteiger partial charge in [0, 0.05) is 43.2 Å². The minimum absolute atomic E-state index is 0.0570. The Morgan fingerprint density at radius 1 is 1.06 bits per heavy atom. The highest BCUT2D eigenvalue weighted by Gasteiger charge is 2.38. The van der Waals surface area contributed by atoms with Gasteiger partial charge in [0.15, 0.2) is 0 Å². The lowest BCUT2D eigenvalue weighted by atomic mass is 10.0. The topological polar surface area (TPSA) is 199 Å². The quantitative estimate of drug-likeness (QED) is 0.219. The summed E-state index contributed by atoms with van der Waals surface area (Å²) in [5.41, 5.74) is 7.32. The highest BCUT2D eigenvalue weighted by Crippen LogP contribution is 2.19. The molecule has 3 heterocycles. The lowest BCUT2D eigenvalue weighted by Gasteiger charge is -2.29. The van der Waals surface area contributed by atoms with E-state index in [9.17, 15) is 24.3 Å². The second kappa shape index (κ2) is 12.3. The molecule has 2 aromatic rings. The third-order valence-electron chi connectivity index (χ3n) is 6.09. The molecular weight excluding hydrogens is 468 g/mol. The number of nitrogens with one attached hydrogen (secondary N) is 4. The van der Waals surface area contributed by atoms with Gasteiger partial charge in [0.25, 0.3) is 0 Å². The van der Waals surface area contributed by atoms with E-state index in [1.54, 1.807) is 6.20 Å². The number of carboxylic acids is 1. The smallest absolute Gasteiger partial charge is 0.326 e. The fraction of sp³-hybridized carbons (Fsp3) is 0.565. The monoisotopic (exact) mass is 502 g/mol. The van der Waals surface area contributed by atoms with Crippen LogP contribution in [0.1, 0.15) is 44.5 Å². The number of carboxylic acid groups (broad SMARTS) is 1. The summed E-state index contributed by atoms with van der Waals surface area (Å²) < 4.78 is 0. The molecule has 0 aromatic carbocycles. The molecule has 1 fully saturated rings. The number of nitrogens with two attached hydrogens (primary N) is 1. The van der Waals surface area contributed by atoms with Crippen molar-refractivity contribution in [3.8, 4) is 0 Å². The molecular formula is C23H34N8O5. The van der Waals surface area contributed by atoms with Gasteiger partial charge in [-0.1, -0.05) is 13.8 Å². The first-order valence-corrected chi connectivity index (χ1v) is 12.0. The van der Waals surface area contributed by atoms with Crippen molar-refractivity contribution in [2.45, 2.75) is 70.1 Å². The van der Waals surface area contributed by atoms with Crippen LogP contribution in [0.2, 0.25) is 0 Å². The summed E-state index contributed by atoms with van der Waals surface area (Å²) in [7, 11) is 0. The number of aromatic amines is 2. The lowest BCUT2D eigenvalue weighted by Crippen LogP contribution is -2.58. The molecule has 36 heavy (non-hydrogen) atoms. The largest absolute Gasteiger partial charge is 0.480 e. The molecule has 1 aliphatic heterocycles. The SMILES string of the molecule is CC(C)CC(NC(=O)C(N)Cc1cnc[nH]1)C(=O)NC(Cc1cnc[nH]1)C(=O)N1CCCC1C(=O)O. The summed E-state index contributed by atoms with van der Waals surface area (Å²) in [5, 5.41) is 15.0. The Kier molecular flexibility index (Phi) is 9.17. The third kappa shape index (κ3) is 7.13. The van der Waals surface area contributed by atoms with Crippen molar-refractivity contribution in [2.75, 3.05) is 6.54 Å². The zero-order valence-electron chi connectivity index (χ0n) is 20.4. The number of aliphatic carboxylic acids is 1. The van der Waals surface area contributed by atoms with Crippen LogP contribution in [0.5, 0.6) is 0 Å². The Morgan fingerprint density at radius 3 is 2.22 bits per heavy atom. The van der Waals surface area contributed by atoms with E-state index in [4.69, 9.17) is 5.73 Å². The predicted octanol–water partition coefficient (Wildman–Crippen LogP) is -0.663. The highest BCUT2D eigenvalue weighted by atomic mass is 16.4. The highest BCUT2D eigenvalue weighted by molar-refractivity contribution is 5.94. The molecule has 0 radical (unpaired) electrons. The van der Waals surface area contributed by atoms with E-state index in [1.807, 2.05) is 13.8 Å². The normalized spacial score (nSPS) is 18.0. The number of hydrogen-bond donors (Lipinski definition) is 6. The van der Waals surface area contributed by atoms with Crippen LogP contribution >= 0.6 is 0 Å². The van der Waals surface area contributed by atoms with E-state index in [0.717, 1.165) is 0 Å². The molecule has 0 aliphatic carbocycles. The number of nitrogens with zero attached hydrogens (tertiary/aromatic N) is 3. The number of likely N-dealkylation sites (tertiary alicyclic amines) is 1. The molecule has 7 N–H and O–H groups in total.